The van der Waals surface area contributed by atoms with Crippen molar-refractivity contribution in [1.29, 1.82) is 0 Å². The van der Waals surface area contributed by atoms with Gasteiger partial charge in [-0.25, -0.2) is 9.50 Å². The Balaban J connectivity index is 1.69. The molecule has 0 aliphatic heterocycles. The molecule has 0 spiro atoms. The van der Waals surface area contributed by atoms with Crippen LogP contribution in [0.1, 0.15) is 5.69 Å². The summed E-state index contributed by atoms with van der Waals surface area (Å²) in [4.78, 5) is 5.66. The quantitative estimate of drug-likeness (QED) is 0.570. The molecule has 126 valence electrons. The van der Waals surface area contributed by atoms with Crippen molar-refractivity contribution in [3.63, 3.8) is 0 Å². The van der Waals surface area contributed by atoms with Gasteiger partial charge in [-0.3, -0.25) is 5.10 Å². The van der Waals surface area contributed by atoms with Gasteiger partial charge in [0.1, 0.15) is 11.3 Å². The summed E-state index contributed by atoms with van der Waals surface area (Å²) in [5, 5.41) is 15.6. The van der Waals surface area contributed by atoms with E-state index in [0.717, 1.165) is 27.7 Å². The Labute approximate surface area is 148 Å². The van der Waals surface area contributed by atoms with Crippen molar-refractivity contribution in [3.8, 4) is 5.75 Å². The van der Waals surface area contributed by atoms with Crippen molar-refractivity contribution >= 4 is 28.9 Å². The number of benzene rings is 1. The first-order chi connectivity index (χ1) is 12.2. The summed E-state index contributed by atoms with van der Waals surface area (Å²) >= 11 is 1.47. The molecule has 25 heavy (non-hydrogen) atoms. The second-order valence-corrected chi connectivity index (χ2v) is 6.46. The second-order valence-electron chi connectivity index (χ2n) is 5.42. The average Bonchev–Trinajstić information content (AvgIpc) is 3.24. The van der Waals surface area contributed by atoms with E-state index in [1.807, 2.05) is 55.6 Å². The number of methoxy groups -OCH3 is 1. The highest BCUT2D eigenvalue weighted by Crippen LogP contribution is 2.29. The monoisotopic (exact) mass is 352 g/mol. The molecule has 0 aliphatic rings. The molecule has 0 atom stereocenters. The van der Waals surface area contributed by atoms with Gasteiger partial charge >= 0.3 is 0 Å². The molecular formula is C17H16N6OS. The highest BCUT2D eigenvalue weighted by molar-refractivity contribution is 7.99. The SMILES string of the molecule is COc1cccc(Sc2nc(Nc3cc(C)[nH]n3)c3cccn3n2)c1. The number of aromatic amines is 1. The number of hydrogen-bond donors (Lipinski definition) is 2. The third-order valence-corrected chi connectivity index (χ3v) is 4.42. The number of hydrogen-bond acceptors (Lipinski definition) is 6. The van der Waals surface area contributed by atoms with E-state index in [9.17, 15) is 0 Å². The van der Waals surface area contributed by atoms with E-state index < -0.39 is 0 Å². The first-order valence-corrected chi connectivity index (χ1v) is 8.49. The lowest BCUT2D eigenvalue weighted by molar-refractivity contribution is 0.413. The minimum absolute atomic E-state index is 0.631. The summed E-state index contributed by atoms with van der Waals surface area (Å²) in [6.45, 7) is 1.95. The first kappa shape index (κ1) is 15.5. The topological polar surface area (TPSA) is 80.1 Å². The van der Waals surface area contributed by atoms with Crippen LogP contribution in [0.3, 0.4) is 0 Å². The molecule has 7 nitrogen and oxygen atoms in total. The molecule has 4 rings (SSSR count). The highest BCUT2D eigenvalue weighted by Gasteiger charge is 2.11. The summed E-state index contributed by atoms with van der Waals surface area (Å²) in [6.07, 6.45) is 1.90. The Bertz CT molecular complexity index is 1020. The van der Waals surface area contributed by atoms with E-state index in [0.29, 0.717) is 11.0 Å². The predicted molar refractivity (Wildman–Crippen MR) is 96.7 cm³/mol. The standard InChI is InChI=1S/C17H16N6OS/c1-11-9-15(21-20-11)18-16-14-7-4-8-23(14)22-17(19-16)25-13-6-3-5-12(10-13)24-2/h3-10H,1-2H3,(H2,18,19,20,21,22). The Kier molecular flexibility index (Phi) is 4.02. The van der Waals surface area contributed by atoms with E-state index in [1.54, 1.807) is 11.6 Å². The third-order valence-electron chi connectivity index (χ3n) is 3.57. The summed E-state index contributed by atoms with van der Waals surface area (Å²) in [5.74, 6) is 2.23. The van der Waals surface area contributed by atoms with Crippen LogP contribution in [0, 0.1) is 6.92 Å². The zero-order chi connectivity index (χ0) is 17.2. The zero-order valence-corrected chi connectivity index (χ0v) is 14.5. The van der Waals surface area contributed by atoms with Gasteiger partial charge in [0.15, 0.2) is 11.6 Å². The van der Waals surface area contributed by atoms with Crippen molar-refractivity contribution in [3.05, 3.63) is 54.4 Å². The van der Waals surface area contributed by atoms with Crippen LogP contribution >= 0.6 is 11.8 Å². The van der Waals surface area contributed by atoms with Gasteiger partial charge in [-0.15, -0.1) is 5.10 Å². The molecular weight excluding hydrogens is 336 g/mol. The summed E-state index contributed by atoms with van der Waals surface area (Å²) < 4.78 is 7.07. The van der Waals surface area contributed by atoms with Crippen molar-refractivity contribution in [2.24, 2.45) is 0 Å². The number of ether oxygens (including phenoxy) is 1. The lowest BCUT2D eigenvalue weighted by atomic mass is 10.3. The van der Waals surface area contributed by atoms with Gasteiger partial charge in [0.05, 0.1) is 7.11 Å². The molecule has 8 heteroatoms. The summed E-state index contributed by atoms with van der Waals surface area (Å²) in [6, 6.07) is 13.6. The number of fused-ring (bicyclic) bond motifs is 1. The molecule has 0 aliphatic carbocycles. The molecule has 0 fully saturated rings. The van der Waals surface area contributed by atoms with E-state index in [4.69, 9.17) is 4.74 Å². The second kappa shape index (κ2) is 6.48. The first-order valence-electron chi connectivity index (χ1n) is 7.67. The van der Waals surface area contributed by atoms with Crippen molar-refractivity contribution in [1.82, 2.24) is 24.8 Å². The van der Waals surface area contributed by atoms with Gasteiger partial charge in [0.2, 0.25) is 5.16 Å². The maximum absolute atomic E-state index is 5.27. The van der Waals surface area contributed by atoms with Crippen molar-refractivity contribution in [2.75, 3.05) is 12.4 Å². The Hall–Kier alpha value is -3.00. The molecule has 0 radical (unpaired) electrons. The van der Waals surface area contributed by atoms with Gasteiger partial charge in [-0.1, -0.05) is 6.07 Å². The lowest BCUT2D eigenvalue weighted by Gasteiger charge is -2.08. The van der Waals surface area contributed by atoms with E-state index in [1.165, 1.54) is 11.8 Å². The normalized spacial score (nSPS) is 11.0. The summed E-state index contributed by atoms with van der Waals surface area (Å²) in [5.41, 5.74) is 1.87. The fourth-order valence-corrected chi connectivity index (χ4v) is 3.22. The van der Waals surface area contributed by atoms with Crippen LogP contribution in [-0.2, 0) is 0 Å². The van der Waals surface area contributed by atoms with Crippen LogP contribution in [0.5, 0.6) is 5.75 Å². The Morgan fingerprint density at radius 3 is 2.92 bits per heavy atom. The molecule has 0 saturated heterocycles. The van der Waals surface area contributed by atoms with Gasteiger partial charge in [-0.2, -0.15) is 5.10 Å². The van der Waals surface area contributed by atoms with Gasteiger partial charge < -0.3 is 10.1 Å². The molecule has 0 unspecified atom stereocenters. The highest BCUT2D eigenvalue weighted by atomic mass is 32.2. The number of nitrogens with zero attached hydrogens (tertiary/aromatic N) is 4. The van der Waals surface area contributed by atoms with Crippen LogP contribution in [0.15, 0.2) is 58.7 Å². The number of H-pyrrole nitrogens is 1. The number of anilines is 2. The van der Waals surface area contributed by atoms with Crippen LogP contribution in [0.2, 0.25) is 0 Å². The fraction of sp³-hybridized carbons (Fsp3) is 0.118. The van der Waals surface area contributed by atoms with Gasteiger partial charge in [0.25, 0.3) is 0 Å². The van der Waals surface area contributed by atoms with E-state index >= 15 is 0 Å². The molecule has 3 aromatic heterocycles. The summed E-state index contributed by atoms with van der Waals surface area (Å²) in [7, 11) is 1.65. The smallest absolute Gasteiger partial charge is 0.214 e. The number of aryl methyl sites for hydroxylation is 1. The molecule has 2 N–H and O–H groups in total. The maximum Gasteiger partial charge on any atom is 0.214 e. The fourth-order valence-electron chi connectivity index (χ4n) is 2.42. The zero-order valence-electron chi connectivity index (χ0n) is 13.7. The van der Waals surface area contributed by atoms with E-state index in [2.05, 4.69) is 25.6 Å². The minimum Gasteiger partial charge on any atom is -0.497 e. The average molecular weight is 352 g/mol. The third kappa shape index (κ3) is 3.29. The van der Waals surface area contributed by atoms with Crippen LogP contribution in [0.4, 0.5) is 11.6 Å². The maximum atomic E-state index is 5.27. The number of nitrogens with one attached hydrogen (secondary N) is 2. The largest absolute Gasteiger partial charge is 0.497 e. The van der Waals surface area contributed by atoms with Crippen LogP contribution < -0.4 is 10.1 Å². The minimum atomic E-state index is 0.631. The van der Waals surface area contributed by atoms with Gasteiger partial charge in [0, 0.05) is 22.9 Å². The van der Waals surface area contributed by atoms with Crippen molar-refractivity contribution < 1.29 is 4.74 Å². The Morgan fingerprint density at radius 2 is 2.12 bits per heavy atom. The molecule has 0 amide bonds. The molecule has 0 saturated carbocycles. The van der Waals surface area contributed by atoms with Crippen LogP contribution in [-0.4, -0.2) is 31.9 Å². The van der Waals surface area contributed by atoms with Crippen molar-refractivity contribution in [2.45, 2.75) is 17.0 Å². The number of rotatable bonds is 5. The van der Waals surface area contributed by atoms with Gasteiger partial charge in [-0.05, 0) is 49.0 Å². The molecule has 3 heterocycles. The van der Waals surface area contributed by atoms with E-state index in [-0.39, 0.29) is 0 Å². The predicted octanol–water partition coefficient (Wildman–Crippen LogP) is 3.66. The molecule has 4 aromatic rings. The van der Waals surface area contributed by atoms with Crippen LogP contribution in [0.25, 0.3) is 5.52 Å². The number of aromatic nitrogens is 5. The molecule has 0 bridgehead atoms. The molecule has 1 aromatic carbocycles. The lowest BCUT2D eigenvalue weighted by Crippen LogP contribution is -2.02. The Morgan fingerprint density at radius 1 is 1.20 bits per heavy atom.